The number of hydrogen-bond donors (Lipinski definition) is 1. The fraction of sp³-hybridized carbons (Fsp3) is 0.455. The highest BCUT2D eigenvalue weighted by atomic mass is 19.3. The van der Waals surface area contributed by atoms with Crippen molar-refractivity contribution >= 4 is 0 Å². The van der Waals surface area contributed by atoms with Crippen LogP contribution in [0.2, 0.25) is 0 Å². The molecule has 0 radical (unpaired) electrons. The van der Waals surface area contributed by atoms with Crippen LogP contribution in [0.1, 0.15) is 11.7 Å². The number of morpholine rings is 1. The molecule has 0 aromatic heterocycles. The molecular weight excluding hydrogens is 235 g/mol. The zero-order chi connectivity index (χ0) is 12.3. The van der Waals surface area contributed by atoms with Crippen molar-refractivity contribution in [1.82, 2.24) is 5.32 Å². The van der Waals surface area contributed by atoms with Gasteiger partial charge in [0.1, 0.15) is 11.6 Å². The first-order chi connectivity index (χ1) is 8.16. The van der Waals surface area contributed by atoms with Crippen molar-refractivity contribution in [1.29, 1.82) is 0 Å². The zero-order valence-corrected chi connectivity index (χ0v) is 8.96. The Labute approximate surface area is 96.5 Å². The number of nitrogens with one attached hydrogen (secondary N) is 1. The summed E-state index contributed by atoms with van der Waals surface area (Å²) in [6.45, 7) is -1.22. The molecule has 1 aromatic rings. The van der Waals surface area contributed by atoms with Crippen molar-refractivity contribution in [3.05, 3.63) is 29.6 Å². The van der Waals surface area contributed by atoms with Gasteiger partial charge in [-0.15, -0.1) is 0 Å². The maximum atomic E-state index is 13.7. The van der Waals surface area contributed by atoms with Gasteiger partial charge in [-0.25, -0.2) is 4.39 Å². The first-order valence-corrected chi connectivity index (χ1v) is 5.23. The first kappa shape index (κ1) is 12.2. The van der Waals surface area contributed by atoms with Crippen LogP contribution in [0.3, 0.4) is 0 Å². The zero-order valence-electron chi connectivity index (χ0n) is 8.96. The maximum Gasteiger partial charge on any atom is 0.387 e. The van der Waals surface area contributed by atoms with Crippen LogP contribution in [-0.4, -0.2) is 26.3 Å². The Balaban J connectivity index is 2.13. The van der Waals surface area contributed by atoms with Gasteiger partial charge < -0.3 is 14.8 Å². The molecule has 1 saturated heterocycles. The highest BCUT2D eigenvalue weighted by molar-refractivity contribution is 5.30. The molecule has 0 bridgehead atoms. The summed E-state index contributed by atoms with van der Waals surface area (Å²) in [5.74, 6) is -0.790. The molecule has 1 aromatic carbocycles. The van der Waals surface area contributed by atoms with Crippen molar-refractivity contribution in [3.8, 4) is 5.75 Å². The smallest absolute Gasteiger partial charge is 0.387 e. The van der Waals surface area contributed by atoms with E-state index in [4.69, 9.17) is 4.74 Å². The lowest BCUT2D eigenvalue weighted by molar-refractivity contribution is -0.0500. The lowest BCUT2D eigenvalue weighted by Crippen LogP contribution is -2.33. The summed E-state index contributed by atoms with van der Waals surface area (Å²) in [5, 5.41) is 3.06. The van der Waals surface area contributed by atoms with Gasteiger partial charge in [-0.3, -0.25) is 0 Å². The van der Waals surface area contributed by atoms with Crippen molar-refractivity contribution in [2.45, 2.75) is 12.7 Å². The molecule has 1 N–H and O–H groups in total. The van der Waals surface area contributed by atoms with E-state index in [1.807, 2.05) is 0 Å². The molecular formula is C11H12F3NO2. The van der Waals surface area contributed by atoms with E-state index in [2.05, 4.69) is 10.1 Å². The highest BCUT2D eigenvalue weighted by Crippen LogP contribution is 2.25. The fourth-order valence-corrected chi connectivity index (χ4v) is 1.71. The van der Waals surface area contributed by atoms with Crippen molar-refractivity contribution in [2.24, 2.45) is 0 Å². The topological polar surface area (TPSA) is 30.5 Å². The van der Waals surface area contributed by atoms with Gasteiger partial charge in [0.25, 0.3) is 0 Å². The van der Waals surface area contributed by atoms with Gasteiger partial charge in [0, 0.05) is 24.7 Å². The third-order valence-electron chi connectivity index (χ3n) is 2.47. The molecule has 0 spiro atoms. The van der Waals surface area contributed by atoms with Crippen LogP contribution in [0.15, 0.2) is 18.2 Å². The van der Waals surface area contributed by atoms with Crippen LogP contribution in [0.5, 0.6) is 5.75 Å². The number of hydrogen-bond acceptors (Lipinski definition) is 3. The Kier molecular flexibility index (Phi) is 3.86. The summed E-state index contributed by atoms with van der Waals surface area (Å²) >= 11 is 0. The number of ether oxygens (including phenoxy) is 2. The molecule has 0 aliphatic carbocycles. The predicted octanol–water partition coefficient (Wildman–Crippen LogP) is 2.09. The molecule has 94 valence electrons. The Bertz CT molecular complexity index is 381. The summed E-state index contributed by atoms with van der Waals surface area (Å²) in [4.78, 5) is 0. The normalized spacial score (nSPS) is 20.6. The molecule has 1 heterocycles. The second-order valence-corrected chi connectivity index (χ2v) is 3.63. The summed E-state index contributed by atoms with van der Waals surface area (Å²) in [5.41, 5.74) is 0.346. The fourth-order valence-electron chi connectivity index (χ4n) is 1.71. The van der Waals surface area contributed by atoms with Crippen LogP contribution in [-0.2, 0) is 4.74 Å². The Hall–Kier alpha value is -1.27. The van der Waals surface area contributed by atoms with Crippen molar-refractivity contribution in [3.63, 3.8) is 0 Å². The van der Waals surface area contributed by atoms with E-state index in [-0.39, 0.29) is 11.9 Å². The van der Waals surface area contributed by atoms with Crippen LogP contribution in [0.25, 0.3) is 0 Å². The maximum absolute atomic E-state index is 13.7. The first-order valence-electron chi connectivity index (χ1n) is 5.23. The minimum atomic E-state index is -2.95. The van der Waals surface area contributed by atoms with Gasteiger partial charge in [-0.05, 0) is 12.1 Å². The van der Waals surface area contributed by atoms with E-state index in [0.717, 1.165) is 12.6 Å². The van der Waals surface area contributed by atoms with Crippen LogP contribution < -0.4 is 10.1 Å². The molecule has 17 heavy (non-hydrogen) atoms. The molecule has 6 heteroatoms. The van der Waals surface area contributed by atoms with Crippen LogP contribution in [0, 0.1) is 5.82 Å². The molecule has 1 fully saturated rings. The lowest BCUT2D eigenvalue weighted by atomic mass is 10.1. The van der Waals surface area contributed by atoms with Gasteiger partial charge in [0.05, 0.1) is 12.7 Å². The number of alkyl halides is 2. The quantitative estimate of drug-likeness (QED) is 0.887. The Morgan fingerprint density at radius 3 is 2.82 bits per heavy atom. The van der Waals surface area contributed by atoms with Crippen molar-refractivity contribution in [2.75, 3.05) is 19.7 Å². The van der Waals surface area contributed by atoms with Gasteiger partial charge in [-0.1, -0.05) is 0 Å². The SMILES string of the molecule is Fc1cc(OC(F)F)ccc1C1CNCCO1. The van der Waals surface area contributed by atoms with E-state index in [0.29, 0.717) is 18.7 Å². The average molecular weight is 247 g/mol. The predicted molar refractivity (Wildman–Crippen MR) is 54.6 cm³/mol. The number of benzene rings is 1. The highest BCUT2D eigenvalue weighted by Gasteiger charge is 2.20. The standard InChI is InChI=1S/C11H12F3NO2/c12-9-5-7(17-11(13)14)1-2-8(9)10-6-15-3-4-16-10/h1-2,5,10-11,15H,3-4,6H2. The van der Waals surface area contributed by atoms with Crippen LogP contribution in [0.4, 0.5) is 13.2 Å². The van der Waals surface area contributed by atoms with E-state index in [9.17, 15) is 13.2 Å². The summed E-state index contributed by atoms with van der Waals surface area (Å²) in [6, 6.07) is 3.66. The third kappa shape index (κ3) is 3.10. The molecule has 0 amide bonds. The minimum absolute atomic E-state index is 0.190. The Morgan fingerprint density at radius 1 is 1.41 bits per heavy atom. The average Bonchev–Trinajstić information content (AvgIpc) is 2.29. The second kappa shape index (κ2) is 5.37. The molecule has 1 unspecified atom stereocenters. The minimum Gasteiger partial charge on any atom is -0.435 e. The lowest BCUT2D eigenvalue weighted by Gasteiger charge is -2.24. The van der Waals surface area contributed by atoms with Crippen LogP contribution >= 0.6 is 0 Å². The number of rotatable bonds is 3. The van der Waals surface area contributed by atoms with Gasteiger partial charge >= 0.3 is 6.61 Å². The molecule has 3 nitrogen and oxygen atoms in total. The van der Waals surface area contributed by atoms with E-state index in [1.165, 1.54) is 12.1 Å². The van der Waals surface area contributed by atoms with E-state index in [1.54, 1.807) is 0 Å². The molecule has 1 aliphatic heterocycles. The summed E-state index contributed by atoms with van der Waals surface area (Å²) in [7, 11) is 0. The van der Waals surface area contributed by atoms with E-state index < -0.39 is 12.4 Å². The molecule has 0 saturated carbocycles. The van der Waals surface area contributed by atoms with Crippen molar-refractivity contribution < 1.29 is 22.6 Å². The largest absolute Gasteiger partial charge is 0.435 e. The third-order valence-corrected chi connectivity index (χ3v) is 2.47. The van der Waals surface area contributed by atoms with Gasteiger partial charge in [0.2, 0.25) is 0 Å². The molecule has 1 atom stereocenters. The molecule has 1 aliphatic rings. The van der Waals surface area contributed by atoms with Gasteiger partial charge in [-0.2, -0.15) is 8.78 Å². The number of halogens is 3. The van der Waals surface area contributed by atoms with E-state index >= 15 is 0 Å². The monoisotopic (exact) mass is 247 g/mol. The summed E-state index contributed by atoms with van der Waals surface area (Å²) < 4.78 is 47.0. The second-order valence-electron chi connectivity index (χ2n) is 3.63. The molecule has 2 rings (SSSR count). The van der Waals surface area contributed by atoms with Gasteiger partial charge in [0.15, 0.2) is 0 Å². The Morgan fingerprint density at radius 2 is 2.24 bits per heavy atom. The summed E-state index contributed by atoms with van der Waals surface area (Å²) in [6.07, 6.45) is -0.385.